The van der Waals surface area contributed by atoms with Gasteiger partial charge in [0.1, 0.15) is 5.82 Å². The molecule has 0 atom stereocenters. The highest BCUT2D eigenvalue weighted by molar-refractivity contribution is 7.99. The summed E-state index contributed by atoms with van der Waals surface area (Å²) in [5, 5.41) is 3.44. The molecule has 2 aromatic carbocycles. The molecule has 0 amide bonds. The zero-order valence-corrected chi connectivity index (χ0v) is 14.0. The number of nitrogens with one attached hydrogen (secondary N) is 1. The van der Waals surface area contributed by atoms with Gasteiger partial charge in [-0.25, -0.2) is 4.39 Å². The number of hydrogen-bond acceptors (Lipinski definition) is 2. The molecule has 0 saturated carbocycles. The number of rotatable bonds is 3. The maximum Gasteiger partial charge on any atom is 0.123 e. The number of halogens is 1. The zero-order chi connectivity index (χ0) is 15.5. The van der Waals surface area contributed by atoms with Gasteiger partial charge in [-0.05, 0) is 81.1 Å². The van der Waals surface area contributed by atoms with Gasteiger partial charge in [-0.15, -0.1) is 0 Å². The first kappa shape index (κ1) is 15.6. The van der Waals surface area contributed by atoms with E-state index in [1.54, 1.807) is 23.9 Å². The average Bonchev–Trinajstić information content (AvgIpc) is 2.52. The van der Waals surface area contributed by atoms with Gasteiger partial charge in [0.2, 0.25) is 0 Å². The summed E-state index contributed by atoms with van der Waals surface area (Å²) >= 11 is 1.76. The fourth-order valence-corrected chi connectivity index (χ4v) is 4.13. The Kier molecular flexibility index (Phi) is 4.84. The molecular weight excluding hydrogens is 293 g/mol. The van der Waals surface area contributed by atoms with Gasteiger partial charge in [0.05, 0.1) is 0 Å². The van der Waals surface area contributed by atoms with Crippen LogP contribution in [0.2, 0.25) is 0 Å². The molecular formula is C19H22FNS. The van der Waals surface area contributed by atoms with E-state index in [0.717, 1.165) is 23.5 Å². The van der Waals surface area contributed by atoms with Crippen molar-refractivity contribution in [3.8, 4) is 0 Å². The van der Waals surface area contributed by atoms with Crippen LogP contribution in [-0.4, -0.2) is 13.1 Å². The first-order valence-electron chi connectivity index (χ1n) is 7.89. The van der Waals surface area contributed by atoms with Crippen LogP contribution in [0.3, 0.4) is 0 Å². The second-order valence-electron chi connectivity index (χ2n) is 6.08. The SMILES string of the molecule is Cc1ccc(Sc2ccc(F)cc2C)c(C2CCNCC2)c1. The quantitative estimate of drug-likeness (QED) is 0.849. The maximum absolute atomic E-state index is 13.3. The summed E-state index contributed by atoms with van der Waals surface area (Å²) in [5.74, 6) is 0.466. The lowest BCUT2D eigenvalue weighted by Gasteiger charge is -2.25. The number of hydrogen-bond donors (Lipinski definition) is 1. The van der Waals surface area contributed by atoms with Crippen molar-refractivity contribution in [1.29, 1.82) is 0 Å². The molecule has 0 spiro atoms. The number of piperidine rings is 1. The third-order valence-electron chi connectivity index (χ3n) is 4.30. The molecule has 3 rings (SSSR count). The second kappa shape index (κ2) is 6.84. The van der Waals surface area contributed by atoms with Crippen LogP contribution >= 0.6 is 11.8 Å². The lowest BCUT2D eigenvalue weighted by atomic mass is 9.89. The smallest absolute Gasteiger partial charge is 0.123 e. The van der Waals surface area contributed by atoms with Gasteiger partial charge < -0.3 is 5.32 Å². The van der Waals surface area contributed by atoms with Crippen LogP contribution < -0.4 is 5.32 Å². The molecule has 3 heteroatoms. The molecule has 0 unspecified atom stereocenters. The van der Waals surface area contributed by atoms with Crippen molar-refractivity contribution in [2.24, 2.45) is 0 Å². The Morgan fingerprint density at radius 1 is 1.00 bits per heavy atom. The van der Waals surface area contributed by atoms with Crippen LogP contribution in [0.5, 0.6) is 0 Å². The third kappa shape index (κ3) is 3.53. The van der Waals surface area contributed by atoms with E-state index in [-0.39, 0.29) is 5.82 Å². The molecule has 1 saturated heterocycles. The topological polar surface area (TPSA) is 12.0 Å². The van der Waals surface area contributed by atoms with Crippen molar-refractivity contribution < 1.29 is 4.39 Å². The van der Waals surface area contributed by atoms with Crippen LogP contribution in [0.4, 0.5) is 4.39 Å². The first-order chi connectivity index (χ1) is 10.6. The molecule has 1 heterocycles. The van der Waals surface area contributed by atoms with E-state index in [1.807, 2.05) is 13.0 Å². The average molecular weight is 315 g/mol. The largest absolute Gasteiger partial charge is 0.317 e. The van der Waals surface area contributed by atoms with Gasteiger partial charge in [0, 0.05) is 9.79 Å². The molecule has 116 valence electrons. The molecule has 1 fully saturated rings. The van der Waals surface area contributed by atoms with E-state index in [9.17, 15) is 4.39 Å². The highest BCUT2D eigenvalue weighted by Gasteiger charge is 2.19. The molecule has 0 radical (unpaired) electrons. The van der Waals surface area contributed by atoms with E-state index in [1.165, 1.54) is 28.9 Å². The Hall–Kier alpha value is -1.32. The van der Waals surface area contributed by atoms with Crippen molar-refractivity contribution in [3.63, 3.8) is 0 Å². The molecule has 1 N–H and O–H groups in total. The van der Waals surface area contributed by atoms with Gasteiger partial charge in [-0.2, -0.15) is 0 Å². The summed E-state index contributed by atoms with van der Waals surface area (Å²) in [5.41, 5.74) is 3.77. The number of aryl methyl sites for hydroxylation is 2. The Balaban J connectivity index is 1.92. The molecule has 22 heavy (non-hydrogen) atoms. The summed E-state index contributed by atoms with van der Waals surface area (Å²) in [4.78, 5) is 2.45. The lowest BCUT2D eigenvalue weighted by Crippen LogP contribution is -2.26. The number of benzene rings is 2. The minimum absolute atomic E-state index is 0.163. The van der Waals surface area contributed by atoms with E-state index < -0.39 is 0 Å². The van der Waals surface area contributed by atoms with Crippen molar-refractivity contribution >= 4 is 11.8 Å². The Labute approximate surface area is 136 Å². The molecule has 2 aromatic rings. The van der Waals surface area contributed by atoms with Crippen LogP contribution in [0, 0.1) is 19.7 Å². The highest BCUT2D eigenvalue weighted by atomic mass is 32.2. The van der Waals surface area contributed by atoms with Crippen molar-refractivity contribution in [2.45, 2.75) is 42.4 Å². The minimum atomic E-state index is -0.163. The summed E-state index contributed by atoms with van der Waals surface area (Å²) < 4.78 is 13.3. The molecule has 0 aliphatic carbocycles. The lowest BCUT2D eigenvalue weighted by molar-refractivity contribution is 0.456. The molecule has 0 bridgehead atoms. The predicted octanol–water partition coefficient (Wildman–Crippen LogP) is 5.06. The van der Waals surface area contributed by atoms with Crippen molar-refractivity contribution in [1.82, 2.24) is 5.32 Å². The zero-order valence-electron chi connectivity index (χ0n) is 13.2. The first-order valence-corrected chi connectivity index (χ1v) is 8.70. The monoisotopic (exact) mass is 315 g/mol. The van der Waals surface area contributed by atoms with E-state index in [2.05, 4.69) is 30.4 Å². The molecule has 1 nitrogen and oxygen atoms in total. The molecule has 1 aliphatic heterocycles. The van der Waals surface area contributed by atoms with Gasteiger partial charge in [-0.3, -0.25) is 0 Å². The fraction of sp³-hybridized carbons (Fsp3) is 0.368. The summed E-state index contributed by atoms with van der Waals surface area (Å²) in [6.07, 6.45) is 2.39. The van der Waals surface area contributed by atoms with Gasteiger partial charge in [-0.1, -0.05) is 29.5 Å². The minimum Gasteiger partial charge on any atom is -0.317 e. The highest BCUT2D eigenvalue weighted by Crippen LogP contribution is 2.38. The fourth-order valence-electron chi connectivity index (χ4n) is 3.06. The van der Waals surface area contributed by atoms with Gasteiger partial charge in [0.25, 0.3) is 0 Å². The maximum atomic E-state index is 13.3. The van der Waals surface area contributed by atoms with Crippen molar-refractivity contribution in [2.75, 3.05) is 13.1 Å². The van der Waals surface area contributed by atoms with Gasteiger partial charge >= 0.3 is 0 Å². The van der Waals surface area contributed by atoms with E-state index in [0.29, 0.717) is 5.92 Å². The van der Waals surface area contributed by atoms with Crippen LogP contribution in [0.25, 0.3) is 0 Å². The van der Waals surface area contributed by atoms with E-state index >= 15 is 0 Å². The second-order valence-corrected chi connectivity index (χ2v) is 7.16. The Bertz CT molecular complexity index is 662. The standard InChI is InChI=1S/C19H22FNS/c1-13-3-5-19(17(11-13)15-7-9-21-10-8-15)22-18-6-4-16(20)12-14(18)2/h3-6,11-12,15,21H,7-10H2,1-2H3. The van der Waals surface area contributed by atoms with Crippen molar-refractivity contribution in [3.05, 3.63) is 58.9 Å². The Morgan fingerprint density at radius 2 is 1.73 bits per heavy atom. The molecule has 0 aromatic heterocycles. The molecule has 1 aliphatic rings. The van der Waals surface area contributed by atoms with Crippen LogP contribution in [-0.2, 0) is 0 Å². The summed E-state index contributed by atoms with van der Waals surface area (Å²) in [6.45, 7) is 6.32. The summed E-state index contributed by atoms with van der Waals surface area (Å²) in [6, 6.07) is 11.8. The van der Waals surface area contributed by atoms with Gasteiger partial charge in [0.15, 0.2) is 0 Å². The van der Waals surface area contributed by atoms with Crippen LogP contribution in [0.1, 0.15) is 35.4 Å². The Morgan fingerprint density at radius 3 is 2.45 bits per heavy atom. The van der Waals surface area contributed by atoms with Crippen LogP contribution in [0.15, 0.2) is 46.2 Å². The third-order valence-corrected chi connectivity index (χ3v) is 5.57. The summed E-state index contributed by atoms with van der Waals surface area (Å²) in [7, 11) is 0. The van der Waals surface area contributed by atoms with E-state index in [4.69, 9.17) is 0 Å². The predicted molar refractivity (Wildman–Crippen MR) is 91.3 cm³/mol. The normalized spacial score (nSPS) is 16.0.